The van der Waals surface area contributed by atoms with Gasteiger partial charge < -0.3 is 20.5 Å². The third-order valence-corrected chi connectivity index (χ3v) is 5.85. The van der Waals surface area contributed by atoms with Crippen molar-refractivity contribution in [2.75, 3.05) is 12.4 Å². The van der Waals surface area contributed by atoms with Crippen LogP contribution in [0.1, 0.15) is 39.7 Å². The number of rotatable bonds is 7. The Kier molecular flexibility index (Phi) is 6.17. The minimum absolute atomic E-state index is 0.0722. The summed E-state index contributed by atoms with van der Waals surface area (Å²) in [5.74, 6) is -2.36. The van der Waals surface area contributed by atoms with Crippen molar-refractivity contribution in [2.24, 2.45) is 5.73 Å². The molecule has 1 aromatic carbocycles. The average molecular weight is 420 g/mol. The Bertz CT molecular complexity index is 972. The molecule has 0 fully saturated rings. The number of carbonyl (C=O) groups is 3. The minimum Gasteiger partial charge on any atom is -0.494 e. The Balaban J connectivity index is 1.62. The fourth-order valence-electron chi connectivity index (χ4n) is 3.25. The van der Waals surface area contributed by atoms with E-state index in [1.807, 2.05) is 0 Å². The minimum atomic E-state index is -1.09. The van der Waals surface area contributed by atoms with Gasteiger partial charge in [-0.05, 0) is 49.4 Å². The van der Waals surface area contributed by atoms with Crippen molar-refractivity contribution in [3.63, 3.8) is 0 Å². The first kappa shape index (κ1) is 20.8. The normalized spacial score (nSPS) is 13.5. The van der Waals surface area contributed by atoms with E-state index in [0.29, 0.717) is 16.1 Å². The van der Waals surface area contributed by atoms with Crippen molar-refractivity contribution in [3.8, 4) is 5.75 Å². The number of anilines is 1. The highest BCUT2D eigenvalue weighted by molar-refractivity contribution is 7.17. The molecule has 1 aromatic heterocycles. The second kappa shape index (κ2) is 8.60. The second-order valence-corrected chi connectivity index (χ2v) is 7.80. The first-order valence-corrected chi connectivity index (χ1v) is 9.89. The van der Waals surface area contributed by atoms with Gasteiger partial charge in [0, 0.05) is 4.88 Å². The molecule has 1 aliphatic rings. The number of carbonyl (C=O) groups excluding carboxylic acids is 3. The summed E-state index contributed by atoms with van der Waals surface area (Å²) in [6.45, 7) is 1.42. The molecule has 0 radical (unpaired) electrons. The zero-order valence-electron chi connectivity index (χ0n) is 16.0. The first-order valence-electron chi connectivity index (χ1n) is 9.07. The third-order valence-electron chi connectivity index (χ3n) is 4.65. The number of methoxy groups -OCH3 is 1. The Hall–Kier alpha value is -2.94. The van der Waals surface area contributed by atoms with E-state index < -0.39 is 29.7 Å². The molecule has 7 nitrogen and oxygen atoms in total. The molecule has 0 bridgehead atoms. The molecule has 0 unspecified atom stereocenters. The van der Waals surface area contributed by atoms with Crippen molar-refractivity contribution in [1.82, 2.24) is 0 Å². The van der Waals surface area contributed by atoms with Gasteiger partial charge in [-0.25, -0.2) is 4.39 Å². The number of aryl methyl sites for hydroxylation is 1. The number of hydrogen-bond donors (Lipinski definition) is 2. The van der Waals surface area contributed by atoms with Gasteiger partial charge in [-0.3, -0.25) is 14.4 Å². The van der Waals surface area contributed by atoms with E-state index >= 15 is 0 Å². The van der Waals surface area contributed by atoms with Crippen molar-refractivity contribution >= 4 is 34.1 Å². The molecule has 0 saturated heterocycles. The van der Waals surface area contributed by atoms with Crippen molar-refractivity contribution in [2.45, 2.75) is 38.7 Å². The summed E-state index contributed by atoms with van der Waals surface area (Å²) in [7, 11) is 1.35. The summed E-state index contributed by atoms with van der Waals surface area (Å²) in [4.78, 5) is 37.4. The van der Waals surface area contributed by atoms with Crippen LogP contribution in [0.5, 0.6) is 5.75 Å². The highest BCUT2D eigenvalue weighted by Crippen LogP contribution is 2.38. The van der Waals surface area contributed by atoms with Gasteiger partial charge in [0.1, 0.15) is 5.00 Å². The lowest BCUT2D eigenvalue weighted by molar-refractivity contribution is -0.152. The predicted octanol–water partition coefficient (Wildman–Crippen LogP) is 2.60. The van der Waals surface area contributed by atoms with Crippen LogP contribution in [0.3, 0.4) is 0 Å². The van der Waals surface area contributed by atoms with Gasteiger partial charge in [-0.1, -0.05) is 6.07 Å². The third kappa shape index (κ3) is 4.56. The van der Waals surface area contributed by atoms with Gasteiger partial charge in [-0.15, -0.1) is 11.3 Å². The summed E-state index contributed by atoms with van der Waals surface area (Å²) in [6, 6.07) is 4.13. The van der Waals surface area contributed by atoms with E-state index in [1.165, 1.54) is 37.5 Å². The lowest BCUT2D eigenvalue weighted by Crippen LogP contribution is -2.31. The molecule has 3 rings (SSSR count). The first-order chi connectivity index (χ1) is 13.8. The van der Waals surface area contributed by atoms with E-state index in [9.17, 15) is 18.8 Å². The van der Waals surface area contributed by atoms with Crippen molar-refractivity contribution < 1.29 is 28.2 Å². The number of thiophene rings is 1. The number of halogens is 1. The summed E-state index contributed by atoms with van der Waals surface area (Å²) in [5.41, 5.74) is 7.10. The smallest absolute Gasteiger partial charge is 0.311 e. The quantitative estimate of drug-likeness (QED) is 0.670. The largest absolute Gasteiger partial charge is 0.494 e. The maximum absolute atomic E-state index is 13.7. The van der Waals surface area contributed by atoms with Gasteiger partial charge >= 0.3 is 5.97 Å². The molecule has 0 spiro atoms. The van der Waals surface area contributed by atoms with E-state index in [4.69, 9.17) is 15.2 Å². The molecular formula is C20H21FN2O5S. The SMILES string of the molecule is COc1ccc(CC(=O)O[C@H](C)C(=O)Nc2sc3c(c2C(N)=O)CCC3)cc1F. The van der Waals surface area contributed by atoms with Crippen LogP contribution in [0.15, 0.2) is 18.2 Å². The number of ether oxygens (including phenoxy) is 2. The van der Waals surface area contributed by atoms with Crippen LogP contribution in [-0.4, -0.2) is 31.0 Å². The van der Waals surface area contributed by atoms with Gasteiger partial charge in [0.15, 0.2) is 17.7 Å². The van der Waals surface area contributed by atoms with Crippen LogP contribution >= 0.6 is 11.3 Å². The number of hydrogen-bond acceptors (Lipinski definition) is 6. The van der Waals surface area contributed by atoms with Gasteiger partial charge in [0.2, 0.25) is 0 Å². The number of benzene rings is 1. The summed E-state index contributed by atoms with van der Waals surface area (Å²) >= 11 is 1.32. The molecule has 0 saturated carbocycles. The standard InChI is InChI=1S/C20H21FN2O5S/c1-10(28-16(24)9-11-6-7-14(27-2)13(21)8-11)19(26)23-20-17(18(22)25)12-4-3-5-15(12)29-20/h6-8,10H,3-5,9H2,1-2H3,(H2,22,25)(H,23,26)/t10-/m1/s1. The summed E-state index contributed by atoms with van der Waals surface area (Å²) in [6.07, 6.45) is 1.26. The van der Waals surface area contributed by atoms with Crippen LogP contribution in [0.25, 0.3) is 0 Å². The fourth-order valence-corrected chi connectivity index (χ4v) is 4.54. The zero-order valence-corrected chi connectivity index (χ0v) is 16.9. The van der Waals surface area contributed by atoms with E-state index in [0.717, 1.165) is 29.7 Å². The van der Waals surface area contributed by atoms with Gasteiger partial charge in [0.25, 0.3) is 11.8 Å². The Morgan fingerprint density at radius 1 is 1.31 bits per heavy atom. The maximum Gasteiger partial charge on any atom is 0.311 e. The number of esters is 1. The fraction of sp³-hybridized carbons (Fsp3) is 0.350. The average Bonchev–Trinajstić information content (AvgIpc) is 3.21. The Labute approximate surface area is 171 Å². The van der Waals surface area contributed by atoms with Crippen molar-refractivity contribution in [1.29, 1.82) is 0 Å². The monoisotopic (exact) mass is 420 g/mol. The Morgan fingerprint density at radius 3 is 2.72 bits per heavy atom. The zero-order chi connectivity index (χ0) is 21.1. The van der Waals surface area contributed by atoms with E-state index in [1.54, 1.807) is 6.07 Å². The molecule has 1 aliphatic carbocycles. The molecule has 29 heavy (non-hydrogen) atoms. The molecule has 154 valence electrons. The molecule has 2 aromatic rings. The summed E-state index contributed by atoms with van der Waals surface area (Å²) in [5, 5.41) is 3.02. The lowest BCUT2D eigenvalue weighted by Gasteiger charge is -2.14. The molecule has 2 amide bonds. The molecule has 3 N–H and O–H groups in total. The van der Waals surface area contributed by atoms with E-state index in [-0.39, 0.29) is 12.2 Å². The number of primary amides is 1. The van der Waals surface area contributed by atoms with Crippen LogP contribution < -0.4 is 15.8 Å². The molecular weight excluding hydrogens is 399 g/mol. The molecule has 0 aliphatic heterocycles. The Morgan fingerprint density at radius 2 is 2.07 bits per heavy atom. The number of nitrogens with two attached hydrogens (primary N) is 1. The van der Waals surface area contributed by atoms with Gasteiger partial charge in [0.05, 0.1) is 19.1 Å². The maximum atomic E-state index is 13.7. The molecule has 1 heterocycles. The highest BCUT2D eigenvalue weighted by Gasteiger charge is 2.28. The van der Waals surface area contributed by atoms with Crippen LogP contribution in [0, 0.1) is 5.82 Å². The lowest BCUT2D eigenvalue weighted by atomic mass is 10.1. The molecule has 9 heteroatoms. The van der Waals surface area contributed by atoms with Crippen LogP contribution in [0.4, 0.5) is 9.39 Å². The predicted molar refractivity (Wildman–Crippen MR) is 106 cm³/mol. The van der Waals surface area contributed by atoms with Crippen LogP contribution in [-0.2, 0) is 33.6 Å². The number of fused-ring (bicyclic) bond motifs is 1. The van der Waals surface area contributed by atoms with E-state index in [2.05, 4.69) is 5.32 Å². The molecule has 1 atom stereocenters. The number of amides is 2. The highest BCUT2D eigenvalue weighted by atomic mass is 32.1. The topological polar surface area (TPSA) is 108 Å². The number of nitrogens with one attached hydrogen (secondary N) is 1. The second-order valence-electron chi connectivity index (χ2n) is 6.69. The summed E-state index contributed by atoms with van der Waals surface area (Å²) < 4.78 is 23.7. The van der Waals surface area contributed by atoms with Crippen LogP contribution in [0.2, 0.25) is 0 Å². The van der Waals surface area contributed by atoms with Gasteiger partial charge in [-0.2, -0.15) is 0 Å². The van der Waals surface area contributed by atoms with Crippen molar-refractivity contribution in [3.05, 3.63) is 45.6 Å².